The summed E-state index contributed by atoms with van der Waals surface area (Å²) in [5.41, 5.74) is 3.24. The highest BCUT2D eigenvalue weighted by molar-refractivity contribution is 9.10. The molecule has 4 fully saturated rings. The maximum Gasteiger partial charge on any atom is 0.282 e. The summed E-state index contributed by atoms with van der Waals surface area (Å²) in [6.07, 6.45) is 8.73. The van der Waals surface area contributed by atoms with Crippen molar-refractivity contribution in [2.75, 3.05) is 56.5 Å². The molecule has 1 aromatic carbocycles. The summed E-state index contributed by atoms with van der Waals surface area (Å²) in [5, 5.41) is 10.00. The first-order valence-corrected chi connectivity index (χ1v) is 18.6. The van der Waals surface area contributed by atoms with Crippen LogP contribution in [0.2, 0.25) is 0 Å². The van der Waals surface area contributed by atoms with Crippen LogP contribution in [-0.4, -0.2) is 94.2 Å². The smallest absolute Gasteiger partial charge is 0.282 e. The Morgan fingerprint density at radius 3 is 2.35 bits per heavy atom. The Morgan fingerprint density at radius 1 is 0.961 bits per heavy atom. The molecule has 14 heteroatoms. The lowest BCUT2D eigenvalue weighted by atomic mass is 9.71. The molecule has 3 aromatic rings. The van der Waals surface area contributed by atoms with Crippen molar-refractivity contribution in [3.63, 3.8) is 0 Å². The van der Waals surface area contributed by atoms with E-state index in [9.17, 15) is 24.0 Å². The molecule has 7 rings (SSSR count). The number of likely N-dealkylation sites (N-methyl/N-ethyl adjacent to an activating group) is 1. The normalized spacial score (nSPS) is 24.0. The summed E-state index contributed by atoms with van der Waals surface area (Å²) in [5.74, 6) is -0.364. The molecule has 4 aliphatic rings. The molecule has 2 N–H and O–H groups in total. The van der Waals surface area contributed by atoms with Gasteiger partial charge in [-0.25, -0.2) is 4.68 Å². The van der Waals surface area contributed by atoms with Gasteiger partial charge >= 0.3 is 0 Å². The molecule has 4 saturated heterocycles. The van der Waals surface area contributed by atoms with E-state index >= 15 is 0 Å². The van der Waals surface area contributed by atoms with Gasteiger partial charge < -0.3 is 24.6 Å². The van der Waals surface area contributed by atoms with Crippen LogP contribution in [0.4, 0.5) is 11.4 Å². The number of amides is 3. The van der Waals surface area contributed by atoms with E-state index in [1.165, 1.54) is 14.8 Å². The van der Waals surface area contributed by atoms with Gasteiger partial charge in [0, 0.05) is 82.3 Å². The van der Waals surface area contributed by atoms with Gasteiger partial charge in [0.05, 0.1) is 11.9 Å². The maximum atomic E-state index is 13.6. The molecule has 1 spiro atoms. The van der Waals surface area contributed by atoms with Gasteiger partial charge in [-0.1, -0.05) is 12.1 Å². The molecular weight excluding hydrogens is 716 g/mol. The zero-order chi connectivity index (χ0) is 35.9. The molecule has 0 radical (unpaired) electrons. The zero-order valence-electron chi connectivity index (χ0n) is 29.1. The highest BCUT2D eigenvalue weighted by Gasteiger charge is 2.39. The summed E-state index contributed by atoms with van der Waals surface area (Å²) in [6.45, 7) is 4.90. The minimum Gasteiger partial charge on any atom is -0.379 e. The number of anilines is 2. The number of aryl methyl sites for hydroxylation is 1. The highest BCUT2D eigenvalue weighted by atomic mass is 79.9. The van der Waals surface area contributed by atoms with Gasteiger partial charge in [0.1, 0.15) is 10.5 Å². The Kier molecular flexibility index (Phi) is 9.90. The summed E-state index contributed by atoms with van der Waals surface area (Å²) in [4.78, 5) is 69.2. The van der Waals surface area contributed by atoms with Gasteiger partial charge in [-0.15, -0.1) is 0 Å². The van der Waals surface area contributed by atoms with Crippen LogP contribution < -0.4 is 26.7 Å². The lowest BCUT2D eigenvalue weighted by Crippen LogP contribution is -2.48. The molecule has 3 amide bonds. The highest BCUT2D eigenvalue weighted by Crippen LogP contribution is 2.42. The number of halogens is 1. The molecule has 3 unspecified atom stereocenters. The monoisotopic (exact) mass is 760 g/mol. The second-order valence-corrected chi connectivity index (χ2v) is 15.6. The number of carbonyl (C=O) groups is 3. The Hall–Kier alpha value is -4.30. The van der Waals surface area contributed by atoms with Gasteiger partial charge in [-0.3, -0.25) is 29.3 Å². The number of nitrogens with zero attached hydrogens (tertiary/aromatic N) is 6. The van der Waals surface area contributed by atoms with Crippen LogP contribution in [0.25, 0.3) is 0 Å². The number of piperidine rings is 4. The summed E-state index contributed by atoms with van der Waals surface area (Å²) in [7, 11) is 3.73. The van der Waals surface area contributed by atoms with Crippen molar-refractivity contribution in [1.82, 2.24) is 29.5 Å². The number of pyridine rings is 1. The molecule has 4 aliphatic heterocycles. The fourth-order valence-corrected chi connectivity index (χ4v) is 8.86. The topological polar surface area (TPSA) is 142 Å². The van der Waals surface area contributed by atoms with Crippen LogP contribution in [0.1, 0.15) is 72.8 Å². The zero-order valence-corrected chi connectivity index (χ0v) is 30.7. The van der Waals surface area contributed by atoms with Crippen molar-refractivity contribution in [1.29, 1.82) is 0 Å². The first-order valence-electron chi connectivity index (χ1n) is 17.9. The third-order valence-electron chi connectivity index (χ3n) is 11.5. The van der Waals surface area contributed by atoms with Crippen molar-refractivity contribution in [3.05, 3.63) is 85.1 Å². The van der Waals surface area contributed by atoms with Crippen LogP contribution in [0.5, 0.6) is 0 Å². The first kappa shape index (κ1) is 35.1. The van der Waals surface area contributed by atoms with Crippen molar-refractivity contribution in [2.24, 2.45) is 12.5 Å². The number of hydrogen-bond acceptors (Lipinski definition) is 9. The molecular formula is C37H45BrN8O5. The number of nitrogens with one attached hydrogen (secondary N) is 2. The van der Waals surface area contributed by atoms with Gasteiger partial charge in [0.2, 0.25) is 11.8 Å². The van der Waals surface area contributed by atoms with E-state index < -0.39 is 11.9 Å². The SMILES string of the molecule is CN1CC(Nc2cnn(C)c(=O)c2Br)CC(c2ccc(C(=O)N3CCC4(CC3)CCN(c3ccn(C5CCC(=O)NC5=O)c(=O)c3)CC4)cc2)C1. The van der Waals surface area contributed by atoms with Gasteiger partial charge in [0.25, 0.3) is 17.0 Å². The minimum atomic E-state index is -0.657. The van der Waals surface area contributed by atoms with Gasteiger partial charge in [-0.2, -0.15) is 5.10 Å². The van der Waals surface area contributed by atoms with Crippen molar-refractivity contribution in [3.8, 4) is 0 Å². The van der Waals surface area contributed by atoms with E-state index in [1.54, 1.807) is 25.5 Å². The van der Waals surface area contributed by atoms with Crippen LogP contribution >= 0.6 is 15.9 Å². The Morgan fingerprint density at radius 2 is 1.67 bits per heavy atom. The maximum absolute atomic E-state index is 13.6. The molecule has 270 valence electrons. The van der Waals surface area contributed by atoms with Crippen LogP contribution in [0.15, 0.2) is 62.9 Å². The van der Waals surface area contributed by atoms with Crippen molar-refractivity contribution >= 4 is 45.0 Å². The summed E-state index contributed by atoms with van der Waals surface area (Å²) < 4.78 is 3.21. The molecule has 13 nitrogen and oxygen atoms in total. The molecule has 0 saturated carbocycles. The number of likely N-dealkylation sites (tertiary alicyclic amines) is 2. The largest absolute Gasteiger partial charge is 0.379 e. The number of aromatic nitrogens is 3. The van der Waals surface area contributed by atoms with E-state index in [2.05, 4.69) is 60.6 Å². The Bertz CT molecular complexity index is 1930. The number of rotatable bonds is 6. The predicted octanol–water partition coefficient (Wildman–Crippen LogP) is 3.10. The molecule has 3 atom stereocenters. The first-order chi connectivity index (χ1) is 24.5. The van der Waals surface area contributed by atoms with Gasteiger partial charge in [-0.05, 0) is 96.6 Å². The quantitative estimate of drug-likeness (QED) is 0.363. The summed E-state index contributed by atoms with van der Waals surface area (Å²) in [6, 6.07) is 11.1. The molecule has 6 heterocycles. The lowest BCUT2D eigenvalue weighted by molar-refractivity contribution is -0.135. The minimum absolute atomic E-state index is 0.0775. The van der Waals surface area contributed by atoms with E-state index in [-0.39, 0.29) is 46.7 Å². The van der Waals surface area contributed by atoms with E-state index in [4.69, 9.17) is 0 Å². The van der Waals surface area contributed by atoms with E-state index in [0.717, 1.165) is 77.1 Å². The third-order valence-corrected chi connectivity index (χ3v) is 12.2. The second kappa shape index (κ2) is 14.4. The number of hydrogen-bond donors (Lipinski definition) is 2. The fraction of sp³-hybridized carbons (Fsp3) is 0.514. The van der Waals surface area contributed by atoms with Crippen molar-refractivity contribution in [2.45, 2.75) is 62.9 Å². The number of imide groups is 1. The average molecular weight is 762 g/mol. The van der Waals surface area contributed by atoms with Crippen LogP contribution in [0, 0.1) is 5.41 Å². The lowest BCUT2D eigenvalue weighted by Gasteiger charge is -2.47. The molecule has 51 heavy (non-hydrogen) atoms. The average Bonchev–Trinajstić information content (AvgIpc) is 3.12. The molecule has 0 aliphatic carbocycles. The van der Waals surface area contributed by atoms with Crippen molar-refractivity contribution < 1.29 is 14.4 Å². The fourth-order valence-electron chi connectivity index (χ4n) is 8.38. The van der Waals surface area contributed by atoms with Gasteiger partial charge in [0.15, 0.2) is 0 Å². The number of carbonyl (C=O) groups excluding carboxylic acids is 3. The predicted molar refractivity (Wildman–Crippen MR) is 197 cm³/mol. The number of benzene rings is 1. The summed E-state index contributed by atoms with van der Waals surface area (Å²) >= 11 is 3.42. The van der Waals surface area contributed by atoms with E-state index in [1.807, 2.05) is 23.1 Å². The molecule has 2 aromatic heterocycles. The van der Waals surface area contributed by atoms with E-state index in [0.29, 0.717) is 22.1 Å². The van der Waals surface area contributed by atoms with Crippen LogP contribution in [0.3, 0.4) is 0 Å². The Labute approximate surface area is 305 Å². The molecule has 0 bridgehead atoms. The third kappa shape index (κ3) is 7.39. The standard InChI is InChI=1S/C37H45BrN8O5/c1-42-22-26(19-27(23-42)40-29-21-39-43(2)36(51)33(29)38)24-3-5-25(6-4-24)35(50)45-17-12-37(13-18-45)10-15-44(16-11-37)28-9-14-46(32(48)20-28)30-7-8-31(47)41-34(30)49/h3-6,9,14,20-21,26-27,30,40H,7-8,10-13,15-19,22-23H2,1-2H3,(H,41,47,49). The second-order valence-electron chi connectivity index (χ2n) is 14.8. The van der Waals surface area contributed by atoms with Crippen LogP contribution in [-0.2, 0) is 16.6 Å². The Balaban J connectivity index is 0.912.